The Morgan fingerprint density at radius 1 is 1.45 bits per heavy atom. The van der Waals surface area contributed by atoms with Crippen LogP contribution in [0.4, 0.5) is 0 Å². The van der Waals surface area contributed by atoms with Crippen molar-refractivity contribution in [2.45, 2.75) is 46.2 Å². The van der Waals surface area contributed by atoms with Crippen LogP contribution in [-0.4, -0.2) is 30.1 Å². The first kappa shape index (κ1) is 19.0. The quantitative estimate of drug-likeness (QED) is 0.406. The smallest absolute Gasteiger partial charge is 0.213 e. The highest BCUT2D eigenvalue weighted by Crippen LogP contribution is 2.29. The van der Waals surface area contributed by atoms with E-state index >= 15 is 0 Å². The Kier molecular flexibility index (Phi) is 8.52. The zero-order valence-corrected chi connectivity index (χ0v) is 16.0. The number of aromatic nitrogens is 1. The molecule has 0 bridgehead atoms. The van der Waals surface area contributed by atoms with Crippen LogP contribution in [0.15, 0.2) is 23.3 Å². The standard InChI is InChI=1S/C16H26N4O.HI/c1-4-17-16(20-12(2)3)19-10-14-7-8-18-15(9-14)21-11-13-5-6-13;/h7-9,12-13H,4-6,10-11H2,1-3H3,(H2,17,19,20);1H. The third-order valence-electron chi connectivity index (χ3n) is 3.15. The molecule has 2 rings (SSSR count). The van der Waals surface area contributed by atoms with E-state index in [1.165, 1.54) is 12.8 Å². The predicted octanol–water partition coefficient (Wildman–Crippen LogP) is 2.95. The Morgan fingerprint density at radius 2 is 2.23 bits per heavy atom. The van der Waals surface area contributed by atoms with E-state index in [0.29, 0.717) is 18.5 Å². The summed E-state index contributed by atoms with van der Waals surface area (Å²) in [6.45, 7) is 8.52. The van der Waals surface area contributed by atoms with Crippen molar-refractivity contribution in [3.05, 3.63) is 23.9 Å². The van der Waals surface area contributed by atoms with E-state index in [9.17, 15) is 0 Å². The Morgan fingerprint density at radius 3 is 2.86 bits per heavy atom. The van der Waals surface area contributed by atoms with Crippen LogP contribution in [0.5, 0.6) is 5.88 Å². The van der Waals surface area contributed by atoms with Crippen molar-refractivity contribution in [3.63, 3.8) is 0 Å². The summed E-state index contributed by atoms with van der Waals surface area (Å²) in [4.78, 5) is 8.83. The lowest BCUT2D eigenvalue weighted by molar-refractivity contribution is 0.288. The molecule has 6 heteroatoms. The van der Waals surface area contributed by atoms with Crippen LogP contribution in [0.1, 0.15) is 39.2 Å². The number of hydrogen-bond donors (Lipinski definition) is 2. The Labute approximate surface area is 150 Å². The molecule has 1 aliphatic carbocycles. The van der Waals surface area contributed by atoms with Gasteiger partial charge >= 0.3 is 0 Å². The first-order valence-corrected chi connectivity index (χ1v) is 7.80. The van der Waals surface area contributed by atoms with Crippen molar-refractivity contribution in [2.75, 3.05) is 13.2 Å². The Bertz CT molecular complexity index is 475. The first-order chi connectivity index (χ1) is 10.2. The van der Waals surface area contributed by atoms with E-state index in [-0.39, 0.29) is 24.0 Å². The minimum atomic E-state index is 0. The van der Waals surface area contributed by atoms with Crippen molar-refractivity contribution in [2.24, 2.45) is 10.9 Å². The molecule has 1 saturated carbocycles. The van der Waals surface area contributed by atoms with Gasteiger partial charge in [-0.15, -0.1) is 24.0 Å². The molecule has 0 atom stereocenters. The molecule has 0 unspecified atom stereocenters. The maximum absolute atomic E-state index is 5.70. The predicted molar refractivity (Wildman–Crippen MR) is 101 cm³/mol. The second kappa shape index (κ2) is 9.86. The number of nitrogens with one attached hydrogen (secondary N) is 2. The van der Waals surface area contributed by atoms with E-state index in [1.807, 2.05) is 12.1 Å². The molecule has 0 aliphatic heterocycles. The number of guanidine groups is 1. The molecule has 22 heavy (non-hydrogen) atoms. The van der Waals surface area contributed by atoms with Gasteiger partial charge in [0.15, 0.2) is 5.96 Å². The van der Waals surface area contributed by atoms with Crippen LogP contribution in [-0.2, 0) is 6.54 Å². The van der Waals surface area contributed by atoms with Crippen molar-refractivity contribution in [3.8, 4) is 5.88 Å². The summed E-state index contributed by atoms with van der Waals surface area (Å²) in [5.74, 6) is 2.28. The fraction of sp³-hybridized carbons (Fsp3) is 0.625. The number of rotatable bonds is 7. The number of aliphatic imine (C=N–C) groups is 1. The Hall–Kier alpha value is -1.05. The van der Waals surface area contributed by atoms with Gasteiger partial charge in [-0.05, 0) is 51.2 Å². The highest BCUT2D eigenvalue weighted by atomic mass is 127. The largest absolute Gasteiger partial charge is 0.477 e. The molecular weight excluding hydrogens is 391 g/mol. The van der Waals surface area contributed by atoms with Gasteiger partial charge in [0.1, 0.15) is 0 Å². The minimum absolute atomic E-state index is 0. The average Bonchev–Trinajstić information content (AvgIpc) is 3.27. The minimum Gasteiger partial charge on any atom is -0.477 e. The van der Waals surface area contributed by atoms with Gasteiger partial charge in [0.25, 0.3) is 0 Å². The molecule has 0 aromatic carbocycles. The SMILES string of the molecule is CCNC(=NCc1ccnc(OCC2CC2)c1)NC(C)C.I. The monoisotopic (exact) mass is 418 g/mol. The molecule has 5 nitrogen and oxygen atoms in total. The lowest BCUT2D eigenvalue weighted by Gasteiger charge is -2.14. The van der Waals surface area contributed by atoms with Gasteiger partial charge in [-0.3, -0.25) is 0 Å². The molecule has 124 valence electrons. The number of ether oxygens (including phenoxy) is 1. The lowest BCUT2D eigenvalue weighted by Crippen LogP contribution is -2.40. The number of hydrogen-bond acceptors (Lipinski definition) is 3. The molecule has 0 radical (unpaired) electrons. The first-order valence-electron chi connectivity index (χ1n) is 7.80. The second-order valence-electron chi connectivity index (χ2n) is 5.75. The maximum Gasteiger partial charge on any atom is 0.213 e. The average molecular weight is 418 g/mol. The summed E-state index contributed by atoms with van der Waals surface area (Å²) < 4.78 is 5.70. The molecule has 1 fully saturated rings. The van der Waals surface area contributed by atoms with Gasteiger partial charge in [-0.25, -0.2) is 9.98 Å². The lowest BCUT2D eigenvalue weighted by atomic mass is 10.3. The van der Waals surface area contributed by atoms with Crippen LogP contribution in [0.25, 0.3) is 0 Å². The third-order valence-corrected chi connectivity index (χ3v) is 3.15. The highest BCUT2D eigenvalue weighted by molar-refractivity contribution is 14.0. The van der Waals surface area contributed by atoms with Gasteiger partial charge in [-0.2, -0.15) is 0 Å². The van der Waals surface area contributed by atoms with Gasteiger partial charge in [0.05, 0.1) is 13.2 Å². The maximum atomic E-state index is 5.70. The van der Waals surface area contributed by atoms with Crippen molar-refractivity contribution >= 4 is 29.9 Å². The van der Waals surface area contributed by atoms with Gasteiger partial charge in [0, 0.05) is 24.8 Å². The number of halogens is 1. The molecule has 1 aliphatic rings. The summed E-state index contributed by atoms with van der Waals surface area (Å²) in [5.41, 5.74) is 1.11. The third kappa shape index (κ3) is 7.29. The van der Waals surface area contributed by atoms with Crippen molar-refractivity contribution in [1.82, 2.24) is 15.6 Å². The molecule has 1 aromatic heterocycles. The summed E-state index contributed by atoms with van der Waals surface area (Å²) in [6, 6.07) is 4.31. The summed E-state index contributed by atoms with van der Waals surface area (Å²) in [7, 11) is 0. The second-order valence-corrected chi connectivity index (χ2v) is 5.75. The van der Waals surface area contributed by atoms with Crippen LogP contribution >= 0.6 is 24.0 Å². The van der Waals surface area contributed by atoms with Crippen LogP contribution in [0, 0.1) is 5.92 Å². The summed E-state index contributed by atoms with van der Waals surface area (Å²) in [5, 5.41) is 6.55. The molecule has 1 aromatic rings. The van der Waals surface area contributed by atoms with Crippen LogP contribution in [0.3, 0.4) is 0 Å². The van der Waals surface area contributed by atoms with E-state index in [0.717, 1.165) is 30.6 Å². The highest BCUT2D eigenvalue weighted by Gasteiger charge is 2.22. The van der Waals surface area contributed by atoms with Gasteiger partial charge < -0.3 is 15.4 Å². The Balaban J connectivity index is 0.00000242. The number of nitrogens with zero attached hydrogens (tertiary/aromatic N) is 2. The molecule has 0 spiro atoms. The summed E-state index contributed by atoms with van der Waals surface area (Å²) in [6.07, 6.45) is 4.36. The zero-order valence-electron chi connectivity index (χ0n) is 13.6. The van der Waals surface area contributed by atoms with E-state index in [2.05, 4.69) is 41.4 Å². The molecular formula is C16H27IN4O. The van der Waals surface area contributed by atoms with Crippen LogP contribution in [0.2, 0.25) is 0 Å². The van der Waals surface area contributed by atoms with Crippen LogP contribution < -0.4 is 15.4 Å². The topological polar surface area (TPSA) is 58.5 Å². The van der Waals surface area contributed by atoms with Gasteiger partial charge in [0.2, 0.25) is 5.88 Å². The van der Waals surface area contributed by atoms with Crippen molar-refractivity contribution in [1.29, 1.82) is 0 Å². The zero-order chi connectivity index (χ0) is 15.1. The van der Waals surface area contributed by atoms with Gasteiger partial charge in [-0.1, -0.05) is 0 Å². The fourth-order valence-electron chi connectivity index (χ4n) is 1.88. The van der Waals surface area contributed by atoms with E-state index in [4.69, 9.17) is 4.74 Å². The molecule has 2 N–H and O–H groups in total. The normalized spacial score (nSPS) is 14.5. The fourth-order valence-corrected chi connectivity index (χ4v) is 1.88. The summed E-state index contributed by atoms with van der Waals surface area (Å²) >= 11 is 0. The molecule has 0 saturated heterocycles. The number of pyridine rings is 1. The molecule has 1 heterocycles. The van der Waals surface area contributed by atoms with Crippen molar-refractivity contribution < 1.29 is 4.74 Å². The van der Waals surface area contributed by atoms with E-state index in [1.54, 1.807) is 6.20 Å². The molecule has 0 amide bonds. The van der Waals surface area contributed by atoms with E-state index < -0.39 is 0 Å².